The summed E-state index contributed by atoms with van der Waals surface area (Å²) in [5.74, 6) is 0.460. The summed E-state index contributed by atoms with van der Waals surface area (Å²) in [6.07, 6.45) is 7.45. The van der Waals surface area contributed by atoms with Crippen molar-refractivity contribution in [1.29, 1.82) is 0 Å². The van der Waals surface area contributed by atoms with E-state index in [1.807, 2.05) is 12.1 Å². The molecule has 3 unspecified atom stereocenters. The van der Waals surface area contributed by atoms with Gasteiger partial charge in [-0.2, -0.15) is 8.42 Å². The van der Waals surface area contributed by atoms with Gasteiger partial charge >= 0.3 is 10.1 Å². The Labute approximate surface area is 225 Å². The molecule has 1 aliphatic heterocycles. The number of non-ortho nitro benzene ring substituents is 1. The van der Waals surface area contributed by atoms with Gasteiger partial charge in [0, 0.05) is 43.2 Å². The lowest BCUT2D eigenvalue weighted by Gasteiger charge is -2.34. The summed E-state index contributed by atoms with van der Waals surface area (Å²) in [5.41, 5.74) is 0.844. The number of nitrogens with zero attached hydrogens (tertiary/aromatic N) is 2. The molecule has 1 heterocycles. The Morgan fingerprint density at radius 3 is 2.32 bits per heavy atom. The van der Waals surface area contributed by atoms with Crippen LogP contribution in [0.15, 0.2) is 53.4 Å². The number of nitrogens with one attached hydrogen (secondary N) is 1. The number of carbonyl (C=O) groups excluding carboxylic acids is 1. The van der Waals surface area contributed by atoms with Crippen molar-refractivity contribution in [2.24, 2.45) is 0 Å². The van der Waals surface area contributed by atoms with Crippen LogP contribution in [0.1, 0.15) is 71.3 Å². The minimum atomic E-state index is -4.10. The van der Waals surface area contributed by atoms with E-state index >= 15 is 0 Å². The van der Waals surface area contributed by atoms with Gasteiger partial charge in [-0.3, -0.25) is 14.9 Å². The van der Waals surface area contributed by atoms with Crippen molar-refractivity contribution in [2.75, 3.05) is 6.54 Å². The molecule has 0 spiro atoms. The lowest BCUT2D eigenvalue weighted by molar-refractivity contribution is -0.384. The van der Waals surface area contributed by atoms with Crippen LogP contribution in [0.3, 0.4) is 0 Å². The molecule has 3 rings (SSSR count). The zero-order valence-corrected chi connectivity index (χ0v) is 23.3. The molecule has 0 bridgehead atoms. The van der Waals surface area contributed by atoms with Crippen molar-refractivity contribution < 1.29 is 22.3 Å². The number of hydrogen-bond donors (Lipinski definition) is 1. The van der Waals surface area contributed by atoms with Gasteiger partial charge in [-0.05, 0) is 75.3 Å². The summed E-state index contributed by atoms with van der Waals surface area (Å²) in [6.45, 7) is 7.31. The molecule has 1 N–H and O–H groups in total. The molecule has 0 aromatic heterocycles. The third-order valence-corrected chi connectivity index (χ3v) is 8.36. The SMILES string of the molecule is CCC(CC(CC)N1CCCCCC1=O)NC(C)Cc1ccc(OS(=O)(=O)c2ccc([N+](=O)[O-])cc2)cc1. The molecule has 3 atom stereocenters. The number of carbonyl (C=O) groups is 1. The number of rotatable bonds is 13. The zero-order chi connectivity index (χ0) is 27.7. The first-order chi connectivity index (χ1) is 18.1. The minimum Gasteiger partial charge on any atom is -0.379 e. The Hall–Kier alpha value is -2.98. The van der Waals surface area contributed by atoms with Crippen molar-refractivity contribution in [3.8, 4) is 5.75 Å². The monoisotopic (exact) mass is 545 g/mol. The van der Waals surface area contributed by atoms with Gasteiger partial charge in [0.2, 0.25) is 5.91 Å². The van der Waals surface area contributed by atoms with Gasteiger partial charge in [-0.1, -0.05) is 32.4 Å². The van der Waals surface area contributed by atoms with Crippen LogP contribution >= 0.6 is 0 Å². The average molecular weight is 546 g/mol. The van der Waals surface area contributed by atoms with Gasteiger partial charge in [0.15, 0.2) is 0 Å². The van der Waals surface area contributed by atoms with E-state index in [9.17, 15) is 23.3 Å². The lowest BCUT2D eigenvalue weighted by atomic mass is 9.98. The summed E-state index contributed by atoms with van der Waals surface area (Å²) in [7, 11) is -4.10. The maximum absolute atomic E-state index is 12.6. The van der Waals surface area contributed by atoms with Crippen molar-refractivity contribution in [3.05, 3.63) is 64.2 Å². The molecule has 2 aromatic rings. The number of hydrogen-bond acceptors (Lipinski definition) is 7. The predicted octanol–water partition coefficient (Wildman–Crippen LogP) is 5.23. The van der Waals surface area contributed by atoms with E-state index in [0.29, 0.717) is 12.5 Å². The van der Waals surface area contributed by atoms with Crippen LogP contribution in [0, 0.1) is 10.1 Å². The fourth-order valence-corrected chi connectivity index (χ4v) is 5.92. The third kappa shape index (κ3) is 8.26. The van der Waals surface area contributed by atoms with Crippen molar-refractivity contribution in [3.63, 3.8) is 0 Å². The van der Waals surface area contributed by atoms with Crippen LogP contribution in [-0.2, 0) is 21.3 Å². The van der Waals surface area contributed by atoms with Crippen LogP contribution in [0.25, 0.3) is 0 Å². The van der Waals surface area contributed by atoms with E-state index in [1.165, 1.54) is 0 Å². The van der Waals surface area contributed by atoms with Crippen molar-refractivity contribution in [2.45, 2.75) is 95.2 Å². The highest BCUT2D eigenvalue weighted by atomic mass is 32.2. The van der Waals surface area contributed by atoms with Crippen LogP contribution < -0.4 is 9.50 Å². The standard InChI is InChI=1S/C28H39N3O6S/c1-4-23(20-24(5-2)30-18-8-6-7-9-28(30)32)29-21(3)19-22-10-14-26(15-11-22)37-38(35,36)27-16-12-25(13-17-27)31(33)34/h10-17,21,23-24,29H,4-9,18-20H2,1-3H3. The summed E-state index contributed by atoms with van der Waals surface area (Å²) in [5, 5.41) is 14.5. The quantitative estimate of drug-likeness (QED) is 0.208. The summed E-state index contributed by atoms with van der Waals surface area (Å²) in [4.78, 5) is 24.8. The molecule has 10 heteroatoms. The second kappa shape index (κ2) is 13.7. The third-order valence-electron chi connectivity index (χ3n) is 7.10. The van der Waals surface area contributed by atoms with E-state index < -0.39 is 15.0 Å². The molecule has 0 saturated carbocycles. The average Bonchev–Trinajstić information content (AvgIpc) is 3.11. The number of benzene rings is 2. The van der Waals surface area contributed by atoms with Crippen molar-refractivity contribution >= 4 is 21.7 Å². The first-order valence-electron chi connectivity index (χ1n) is 13.5. The van der Waals surface area contributed by atoms with Crippen LogP contribution in [-0.4, -0.2) is 48.8 Å². The van der Waals surface area contributed by atoms with E-state index in [-0.39, 0.29) is 34.3 Å². The minimum absolute atomic E-state index is 0.150. The van der Waals surface area contributed by atoms with Crippen LogP contribution in [0.5, 0.6) is 5.75 Å². The Morgan fingerprint density at radius 2 is 1.71 bits per heavy atom. The topological polar surface area (TPSA) is 119 Å². The molecule has 2 aromatic carbocycles. The maximum Gasteiger partial charge on any atom is 0.339 e. The maximum atomic E-state index is 12.6. The summed E-state index contributed by atoms with van der Waals surface area (Å²) in [6, 6.07) is 12.2. The summed E-state index contributed by atoms with van der Waals surface area (Å²) >= 11 is 0. The van der Waals surface area contributed by atoms with Gasteiger partial charge < -0.3 is 14.4 Å². The predicted molar refractivity (Wildman–Crippen MR) is 147 cm³/mol. The number of amides is 1. The fraction of sp³-hybridized carbons (Fsp3) is 0.536. The highest BCUT2D eigenvalue weighted by Crippen LogP contribution is 2.23. The first kappa shape index (κ1) is 29.6. The van der Waals surface area contributed by atoms with Gasteiger partial charge in [-0.25, -0.2) is 0 Å². The van der Waals surface area contributed by atoms with Gasteiger partial charge in [0.05, 0.1) is 4.92 Å². The molecule has 1 fully saturated rings. The first-order valence-corrected chi connectivity index (χ1v) is 14.9. The van der Waals surface area contributed by atoms with E-state index in [0.717, 1.165) is 81.3 Å². The second-order valence-electron chi connectivity index (χ2n) is 10.0. The van der Waals surface area contributed by atoms with E-state index in [1.54, 1.807) is 12.1 Å². The van der Waals surface area contributed by atoms with E-state index in [2.05, 4.69) is 31.0 Å². The molecular weight excluding hydrogens is 506 g/mol. The molecule has 38 heavy (non-hydrogen) atoms. The molecule has 0 radical (unpaired) electrons. The molecule has 1 aliphatic rings. The van der Waals surface area contributed by atoms with Crippen molar-refractivity contribution in [1.82, 2.24) is 10.2 Å². The van der Waals surface area contributed by atoms with Crippen LogP contribution in [0.2, 0.25) is 0 Å². The molecule has 1 amide bonds. The highest BCUT2D eigenvalue weighted by molar-refractivity contribution is 7.87. The molecule has 208 valence electrons. The van der Waals surface area contributed by atoms with Gasteiger partial charge in [0.25, 0.3) is 5.69 Å². The Morgan fingerprint density at radius 1 is 1.03 bits per heavy atom. The number of nitro groups is 1. The fourth-order valence-electron chi connectivity index (χ4n) is 4.99. The van der Waals surface area contributed by atoms with E-state index in [4.69, 9.17) is 4.18 Å². The van der Waals surface area contributed by atoms with Crippen LogP contribution in [0.4, 0.5) is 5.69 Å². The van der Waals surface area contributed by atoms with Gasteiger partial charge in [-0.15, -0.1) is 0 Å². The Bertz CT molecular complexity index is 1170. The molecule has 0 aliphatic carbocycles. The second-order valence-corrected chi connectivity index (χ2v) is 11.6. The molecule has 1 saturated heterocycles. The summed E-state index contributed by atoms with van der Waals surface area (Å²) < 4.78 is 30.3. The Kier molecular flexibility index (Phi) is 10.7. The number of likely N-dealkylation sites (tertiary alicyclic amines) is 1. The normalized spacial score (nSPS) is 16.9. The number of nitro benzene ring substituents is 1. The lowest BCUT2D eigenvalue weighted by Crippen LogP contribution is -2.46. The largest absolute Gasteiger partial charge is 0.379 e. The molecule has 9 nitrogen and oxygen atoms in total. The zero-order valence-electron chi connectivity index (χ0n) is 22.5. The smallest absolute Gasteiger partial charge is 0.339 e. The highest BCUT2D eigenvalue weighted by Gasteiger charge is 2.26. The van der Waals surface area contributed by atoms with Gasteiger partial charge in [0.1, 0.15) is 10.6 Å². The Balaban J connectivity index is 1.55. The molecular formula is C28H39N3O6S.